The quantitative estimate of drug-likeness (QED) is 0.247. The lowest BCUT2D eigenvalue weighted by atomic mass is 10.1. The van der Waals surface area contributed by atoms with Crippen molar-refractivity contribution in [2.45, 2.75) is 0 Å². The number of carbonyl (C=O) groups is 1. The number of amides is 1. The predicted molar refractivity (Wildman–Crippen MR) is 120 cm³/mol. The van der Waals surface area contributed by atoms with E-state index in [0.29, 0.717) is 16.6 Å². The summed E-state index contributed by atoms with van der Waals surface area (Å²) in [6.45, 7) is 0. The van der Waals surface area contributed by atoms with E-state index in [-0.39, 0.29) is 23.2 Å². The number of methoxy groups -OCH3 is 1. The number of hydrogen-bond acceptors (Lipinski definition) is 8. The van der Waals surface area contributed by atoms with Crippen LogP contribution in [-0.4, -0.2) is 35.1 Å². The van der Waals surface area contributed by atoms with Gasteiger partial charge in [-0.25, -0.2) is 9.98 Å². The second-order valence-electron chi connectivity index (χ2n) is 6.65. The molecule has 1 aliphatic heterocycles. The summed E-state index contributed by atoms with van der Waals surface area (Å²) in [5, 5.41) is 16.3. The summed E-state index contributed by atoms with van der Waals surface area (Å²) in [7, 11) is 3.23. The van der Waals surface area contributed by atoms with Gasteiger partial charge in [-0.2, -0.15) is 0 Å². The number of carbonyl (C=O) groups excluding carboxylic acids is 1. The van der Waals surface area contributed by atoms with Crippen LogP contribution in [0.15, 0.2) is 81.0 Å². The summed E-state index contributed by atoms with van der Waals surface area (Å²) < 4.78 is 11.7. The summed E-state index contributed by atoms with van der Waals surface area (Å²) in [5.41, 5.74) is 1.62. The van der Waals surface area contributed by atoms with Crippen LogP contribution in [-0.2, 0) is 11.8 Å². The van der Waals surface area contributed by atoms with Crippen molar-refractivity contribution in [3.8, 4) is 5.75 Å². The molecule has 0 spiro atoms. The van der Waals surface area contributed by atoms with Crippen LogP contribution in [0.2, 0.25) is 0 Å². The van der Waals surface area contributed by atoms with Crippen molar-refractivity contribution < 1.29 is 23.8 Å². The zero-order valence-electron chi connectivity index (χ0n) is 17.3. The predicted octanol–water partition coefficient (Wildman–Crippen LogP) is 2.08. The molecule has 0 radical (unpaired) electrons. The van der Waals surface area contributed by atoms with Crippen molar-refractivity contribution in [1.29, 1.82) is 0 Å². The molecule has 1 aliphatic rings. The van der Waals surface area contributed by atoms with E-state index in [1.807, 2.05) is 42.5 Å². The van der Waals surface area contributed by atoms with Crippen LogP contribution in [0.25, 0.3) is 6.08 Å². The van der Waals surface area contributed by atoms with Gasteiger partial charge in [0.1, 0.15) is 11.4 Å². The lowest BCUT2D eigenvalue weighted by molar-refractivity contribution is -0.739. The first-order valence-electron chi connectivity index (χ1n) is 9.58. The molecule has 2 aromatic carbocycles. The highest BCUT2D eigenvalue weighted by Gasteiger charge is 2.32. The summed E-state index contributed by atoms with van der Waals surface area (Å²) in [6, 6.07) is 16.5. The SMILES string of the molecule is COc1ccccc1/C=C1/N=C(SC/C([O-])=N/c2c[n+](C)no2)N(c2ccccc2)C1=O. The Morgan fingerprint density at radius 1 is 1.25 bits per heavy atom. The van der Waals surface area contributed by atoms with E-state index in [0.717, 1.165) is 17.3 Å². The first kappa shape index (κ1) is 21.3. The number of rotatable bonds is 6. The van der Waals surface area contributed by atoms with E-state index in [2.05, 4.69) is 15.3 Å². The molecule has 10 heteroatoms. The average Bonchev–Trinajstić information content (AvgIpc) is 3.35. The number of aromatic nitrogens is 2. The van der Waals surface area contributed by atoms with E-state index >= 15 is 0 Å². The standard InChI is InChI=1S/C22H19N5O4S/c1-26-13-20(31-25-26)24-19(28)14-32-22-23-17(12-15-8-6-7-11-18(15)30-2)21(29)27(22)16-9-4-3-5-10-16/h3-13H,14H2,1-2H3/b17-12+. The third-order valence-corrected chi connectivity index (χ3v) is 5.32. The van der Waals surface area contributed by atoms with Crippen LogP contribution in [0.3, 0.4) is 0 Å². The molecule has 1 aromatic heterocycles. The maximum atomic E-state index is 13.2. The van der Waals surface area contributed by atoms with E-state index in [9.17, 15) is 9.90 Å². The fourth-order valence-corrected chi connectivity index (χ4v) is 3.77. The Hall–Kier alpha value is -3.92. The maximum Gasteiger partial charge on any atom is 0.320 e. The number of nitrogens with zero attached hydrogens (tertiary/aromatic N) is 5. The van der Waals surface area contributed by atoms with Gasteiger partial charge in [0.15, 0.2) is 17.5 Å². The molecular weight excluding hydrogens is 430 g/mol. The van der Waals surface area contributed by atoms with Crippen LogP contribution in [0, 0.1) is 0 Å². The van der Waals surface area contributed by atoms with Crippen molar-refractivity contribution in [3.63, 3.8) is 0 Å². The number of benzene rings is 2. The lowest BCUT2D eigenvalue weighted by Gasteiger charge is -2.18. The molecule has 162 valence electrons. The van der Waals surface area contributed by atoms with Gasteiger partial charge in [-0.3, -0.25) is 14.2 Å². The van der Waals surface area contributed by atoms with Gasteiger partial charge in [-0.05, 0) is 30.2 Å². The minimum atomic E-state index is -0.433. The van der Waals surface area contributed by atoms with Crippen LogP contribution < -0.4 is 19.4 Å². The molecule has 4 rings (SSSR count). The van der Waals surface area contributed by atoms with Gasteiger partial charge in [0.25, 0.3) is 12.1 Å². The number of hydrogen-bond donors (Lipinski definition) is 0. The molecule has 0 bridgehead atoms. The second-order valence-corrected chi connectivity index (χ2v) is 7.59. The molecule has 0 aliphatic carbocycles. The first-order valence-corrected chi connectivity index (χ1v) is 10.6. The van der Waals surface area contributed by atoms with Crippen LogP contribution >= 0.6 is 11.8 Å². The Balaban J connectivity index is 1.63. The minimum Gasteiger partial charge on any atom is -0.861 e. The van der Waals surface area contributed by atoms with Crippen molar-refractivity contribution in [2.24, 2.45) is 17.0 Å². The molecule has 0 saturated carbocycles. The third-order valence-electron chi connectivity index (χ3n) is 4.40. The van der Waals surface area contributed by atoms with Gasteiger partial charge in [0.2, 0.25) is 0 Å². The van der Waals surface area contributed by atoms with Crippen molar-refractivity contribution in [1.82, 2.24) is 5.27 Å². The smallest absolute Gasteiger partial charge is 0.320 e. The largest absolute Gasteiger partial charge is 0.861 e. The molecule has 0 N–H and O–H groups in total. The van der Waals surface area contributed by atoms with Crippen LogP contribution in [0.5, 0.6) is 5.75 Å². The molecular formula is C22H19N5O4S. The molecule has 2 heterocycles. The second kappa shape index (κ2) is 9.48. The van der Waals surface area contributed by atoms with Gasteiger partial charge in [-0.1, -0.05) is 52.8 Å². The monoisotopic (exact) mass is 449 g/mol. The fraction of sp³-hybridized carbons (Fsp3) is 0.136. The number of thioether (sulfide) groups is 1. The van der Waals surface area contributed by atoms with Crippen molar-refractivity contribution >= 4 is 46.4 Å². The number of para-hydroxylation sites is 2. The summed E-state index contributed by atoms with van der Waals surface area (Å²) >= 11 is 1.12. The first-order chi connectivity index (χ1) is 15.5. The Morgan fingerprint density at radius 3 is 2.72 bits per heavy atom. The molecule has 0 unspecified atom stereocenters. The van der Waals surface area contributed by atoms with Gasteiger partial charge in [0.05, 0.1) is 12.8 Å². The normalized spacial score (nSPS) is 15.4. The average molecular weight is 449 g/mol. The number of aliphatic imine (C=N–C) groups is 2. The molecule has 9 nitrogen and oxygen atoms in total. The molecule has 1 amide bonds. The Labute approximate surface area is 188 Å². The fourth-order valence-electron chi connectivity index (χ4n) is 2.97. The number of ether oxygens (including phenoxy) is 1. The van der Waals surface area contributed by atoms with Gasteiger partial charge < -0.3 is 9.84 Å². The minimum absolute atomic E-state index is 0.0260. The van der Waals surface area contributed by atoms with Crippen LogP contribution in [0.4, 0.5) is 11.6 Å². The Morgan fingerprint density at radius 2 is 2.00 bits per heavy atom. The lowest BCUT2D eigenvalue weighted by Crippen LogP contribution is -2.31. The highest BCUT2D eigenvalue weighted by atomic mass is 32.2. The summed E-state index contributed by atoms with van der Waals surface area (Å²) in [4.78, 5) is 23.1. The molecule has 0 saturated heterocycles. The highest BCUT2D eigenvalue weighted by molar-refractivity contribution is 8.14. The van der Waals surface area contributed by atoms with E-state index in [1.165, 1.54) is 15.8 Å². The molecule has 32 heavy (non-hydrogen) atoms. The van der Waals surface area contributed by atoms with Crippen molar-refractivity contribution in [3.05, 3.63) is 72.1 Å². The Bertz CT molecular complexity index is 1220. The third kappa shape index (κ3) is 4.70. The maximum absolute atomic E-state index is 13.2. The molecule has 0 atom stereocenters. The van der Waals surface area contributed by atoms with Crippen LogP contribution in [0.1, 0.15) is 5.56 Å². The van der Waals surface area contributed by atoms with E-state index in [1.54, 1.807) is 32.4 Å². The molecule has 3 aromatic rings. The Kier molecular flexibility index (Phi) is 6.31. The number of anilines is 1. The van der Waals surface area contributed by atoms with Gasteiger partial charge in [-0.15, -0.1) is 0 Å². The van der Waals surface area contributed by atoms with Gasteiger partial charge in [0, 0.05) is 11.3 Å². The summed E-state index contributed by atoms with van der Waals surface area (Å²) in [5.74, 6) is -0.0148. The van der Waals surface area contributed by atoms with E-state index in [4.69, 9.17) is 9.26 Å². The highest BCUT2D eigenvalue weighted by Crippen LogP contribution is 2.30. The zero-order chi connectivity index (χ0) is 22.5. The van der Waals surface area contributed by atoms with E-state index < -0.39 is 5.90 Å². The zero-order valence-corrected chi connectivity index (χ0v) is 18.2. The number of aryl methyl sites for hydroxylation is 1. The van der Waals surface area contributed by atoms with Gasteiger partial charge >= 0.3 is 5.88 Å². The van der Waals surface area contributed by atoms with Crippen molar-refractivity contribution in [2.75, 3.05) is 17.8 Å². The topological polar surface area (TPSA) is 107 Å². The molecule has 0 fully saturated rings. The summed E-state index contributed by atoms with van der Waals surface area (Å²) in [6.07, 6.45) is 3.16. The number of amidine groups is 1.